The summed E-state index contributed by atoms with van der Waals surface area (Å²) in [4.78, 5) is 10.5. The van der Waals surface area contributed by atoms with Gasteiger partial charge >= 0.3 is 5.97 Å². The van der Waals surface area contributed by atoms with Crippen molar-refractivity contribution < 1.29 is 9.90 Å². The first-order chi connectivity index (χ1) is 5.61. The van der Waals surface area contributed by atoms with Crippen LogP contribution in [0.1, 0.15) is 30.0 Å². The highest BCUT2D eigenvalue weighted by Gasteiger charge is 2.15. The molecular weight excluding hydrogens is 158 g/mol. The molecule has 0 bridgehead atoms. The van der Waals surface area contributed by atoms with Crippen molar-refractivity contribution in [2.24, 2.45) is 5.92 Å². The smallest absolute Gasteiger partial charge is 0.358 e. The maximum Gasteiger partial charge on any atom is 0.358 e. The molecule has 0 fully saturated rings. The zero-order valence-electron chi connectivity index (χ0n) is 7.03. The first-order valence-electron chi connectivity index (χ1n) is 3.74. The molecule has 2 N–H and O–H groups in total. The highest BCUT2D eigenvalue weighted by Crippen LogP contribution is 2.07. The molecule has 0 unspecified atom stereocenters. The minimum Gasteiger partial charge on any atom is -0.476 e. The first-order valence-corrected chi connectivity index (χ1v) is 3.74. The van der Waals surface area contributed by atoms with E-state index in [1.807, 2.05) is 13.8 Å². The summed E-state index contributed by atoms with van der Waals surface area (Å²) in [6.45, 7) is 4.00. The Kier molecular flexibility index (Phi) is 2.42. The number of aromatic nitrogens is 3. The SMILES string of the molecule is CC(C)Cc1n[nH]nc1C(=O)O. The predicted octanol–water partition coefficient (Wildman–Crippen LogP) is 0.701. The summed E-state index contributed by atoms with van der Waals surface area (Å²) < 4.78 is 0. The molecule has 0 amide bonds. The third-order valence-electron chi connectivity index (χ3n) is 1.42. The Morgan fingerprint density at radius 1 is 1.58 bits per heavy atom. The van der Waals surface area contributed by atoms with E-state index in [4.69, 9.17) is 5.11 Å². The number of nitrogens with zero attached hydrogens (tertiary/aromatic N) is 2. The Labute approximate surface area is 69.8 Å². The second-order valence-electron chi connectivity index (χ2n) is 3.02. The molecule has 12 heavy (non-hydrogen) atoms. The monoisotopic (exact) mass is 169 g/mol. The summed E-state index contributed by atoms with van der Waals surface area (Å²) in [7, 11) is 0. The normalized spacial score (nSPS) is 10.6. The van der Waals surface area contributed by atoms with Crippen LogP contribution in [0.5, 0.6) is 0 Å². The molecule has 0 aliphatic heterocycles. The van der Waals surface area contributed by atoms with Crippen molar-refractivity contribution in [3.63, 3.8) is 0 Å². The third kappa shape index (κ3) is 1.81. The molecule has 0 aliphatic rings. The van der Waals surface area contributed by atoms with Crippen LogP contribution in [0, 0.1) is 5.92 Å². The molecule has 0 atom stereocenters. The van der Waals surface area contributed by atoms with E-state index in [-0.39, 0.29) is 5.69 Å². The lowest BCUT2D eigenvalue weighted by Crippen LogP contribution is -2.04. The molecular formula is C7H11N3O2. The Balaban J connectivity index is 2.84. The van der Waals surface area contributed by atoms with Gasteiger partial charge in [0.05, 0.1) is 5.69 Å². The molecule has 1 aromatic rings. The van der Waals surface area contributed by atoms with Crippen LogP contribution in [0.25, 0.3) is 0 Å². The van der Waals surface area contributed by atoms with E-state index in [1.165, 1.54) is 0 Å². The van der Waals surface area contributed by atoms with Gasteiger partial charge in [-0.25, -0.2) is 4.79 Å². The zero-order chi connectivity index (χ0) is 9.14. The van der Waals surface area contributed by atoms with Crippen molar-refractivity contribution >= 4 is 5.97 Å². The predicted molar refractivity (Wildman–Crippen MR) is 41.9 cm³/mol. The van der Waals surface area contributed by atoms with E-state index in [2.05, 4.69) is 15.4 Å². The van der Waals surface area contributed by atoms with Crippen LogP contribution in [-0.2, 0) is 6.42 Å². The molecule has 5 heteroatoms. The van der Waals surface area contributed by atoms with Crippen LogP contribution in [0.3, 0.4) is 0 Å². The van der Waals surface area contributed by atoms with Gasteiger partial charge in [-0.2, -0.15) is 10.3 Å². The number of aromatic amines is 1. The number of carboxylic acids is 1. The van der Waals surface area contributed by atoms with Crippen LogP contribution >= 0.6 is 0 Å². The lowest BCUT2D eigenvalue weighted by Gasteiger charge is -1.99. The van der Waals surface area contributed by atoms with Gasteiger partial charge in [-0.1, -0.05) is 13.8 Å². The summed E-state index contributed by atoms with van der Waals surface area (Å²) in [5.41, 5.74) is 0.557. The van der Waals surface area contributed by atoms with Crippen LogP contribution in [0.4, 0.5) is 0 Å². The summed E-state index contributed by atoms with van der Waals surface area (Å²) in [6.07, 6.45) is 0.637. The molecule has 0 spiro atoms. The minimum absolute atomic E-state index is 0.0312. The number of nitrogens with one attached hydrogen (secondary N) is 1. The summed E-state index contributed by atoms with van der Waals surface area (Å²) in [6, 6.07) is 0. The quantitative estimate of drug-likeness (QED) is 0.698. The molecule has 0 saturated carbocycles. The summed E-state index contributed by atoms with van der Waals surface area (Å²) in [5, 5.41) is 18.2. The molecule has 1 aromatic heterocycles. The van der Waals surface area contributed by atoms with Gasteiger partial charge in [-0.05, 0) is 12.3 Å². The molecule has 0 aliphatic carbocycles. The van der Waals surface area contributed by atoms with Crippen molar-refractivity contribution in [3.05, 3.63) is 11.4 Å². The van der Waals surface area contributed by atoms with E-state index in [0.717, 1.165) is 0 Å². The van der Waals surface area contributed by atoms with Crippen molar-refractivity contribution in [2.75, 3.05) is 0 Å². The van der Waals surface area contributed by atoms with Gasteiger partial charge in [0.2, 0.25) is 0 Å². The fraction of sp³-hybridized carbons (Fsp3) is 0.571. The lowest BCUT2D eigenvalue weighted by atomic mass is 10.1. The Hall–Kier alpha value is -1.39. The standard InChI is InChI=1S/C7H11N3O2/c1-4(2)3-5-6(7(11)12)9-10-8-5/h4H,3H2,1-2H3,(H,11,12)(H,8,9,10). The van der Waals surface area contributed by atoms with E-state index in [9.17, 15) is 4.79 Å². The first kappa shape index (κ1) is 8.70. The maximum absolute atomic E-state index is 10.5. The van der Waals surface area contributed by atoms with E-state index < -0.39 is 5.97 Å². The number of H-pyrrole nitrogens is 1. The Bertz CT molecular complexity index is 280. The van der Waals surface area contributed by atoms with E-state index in [0.29, 0.717) is 18.0 Å². The second kappa shape index (κ2) is 3.34. The van der Waals surface area contributed by atoms with Gasteiger partial charge in [0, 0.05) is 0 Å². The Morgan fingerprint density at radius 2 is 2.25 bits per heavy atom. The van der Waals surface area contributed by atoms with Crippen LogP contribution in [0.15, 0.2) is 0 Å². The van der Waals surface area contributed by atoms with Crippen LogP contribution in [0.2, 0.25) is 0 Å². The summed E-state index contributed by atoms with van der Waals surface area (Å²) in [5.74, 6) is -0.646. The number of rotatable bonds is 3. The molecule has 66 valence electrons. The van der Waals surface area contributed by atoms with Crippen LogP contribution in [-0.4, -0.2) is 26.5 Å². The van der Waals surface area contributed by atoms with Crippen LogP contribution < -0.4 is 0 Å². The molecule has 1 rings (SSSR count). The topological polar surface area (TPSA) is 78.9 Å². The molecule has 1 heterocycles. The van der Waals surface area contributed by atoms with Gasteiger partial charge in [-0.3, -0.25) is 0 Å². The lowest BCUT2D eigenvalue weighted by molar-refractivity contribution is 0.0689. The van der Waals surface area contributed by atoms with Gasteiger partial charge in [0.25, 0.3) is 0 Å². The third-order valence-corrected chi connectivity index (χ3v) is 1.42. The number of carbonyl (C=O) groups is 1. The van der Waals surface area contributed by atoms with Crippen molar-refractivity contribution in [1.29, 1.82) is 0 Å². The number of aromatic carboxylic acids is 1. The fourth-order valence-electron chi connectivity index (χ4n) is 0.953. The highest BCUT2D eigenvalue weighted by atomic mass is 16.4. The van der Waals surface area contributed by atoms with Crippen molar-refractivity contribution in [3.8, 4) is 0 Å². The minimum atomic E-state index is -1.03. The second-order valence-corrected chi connectivity index (χ2v) is 3.02. The average Bonchev–Trinajstić information content (AvgIpc) is 2.33. The van der Waals surface area contributed by atoms with Gasteiger partial charge in [-0.15, -0.1) is 5.10 Å². The maximum atomic E-state index is 10.5. The van der Waals surface area contributed by atoms with Gasteiger partial charge in [0.15, 0.2) is 5.69 Å². The number of hydrogen-bond acceptors (Lipinski definition) is 3. The largest absolute Gasteiger partial charge is 0.476 e. The van der Waals surface area contributed by atoms with E-state index in [1.54, 1.807) is 0 Å². The fourth-order valence-corrected chi connectivity index (χ4v) is 0.953. The Morgan fingerprint density at radius 3 is 2.75 bits per heavy atom. The number of hydrogen-bond donors (Lipinski definition) is 2. The van der Waals surface area contributed by atoms with Gasteiger partial charge < -0.3 is 5.11 Å². The molecule has 5 nitrogen and oxygen atoms in total. The molecule has 0 radical (unpaired) electrons. The van der Waals surface area contributed by atoms with Crippen molar-refractivity contribution in [1.82, 2.24) is 15.4 Å². The van der Waals surface area contributed by atoms with E-state index >= 15 is 0 Å². The average molecular weight is 169 g/mol. The number of carboxylic acid groups (broad SMARTS) is 1. The van der Waals surface area contributed by atoms with Gasteiger partial charge in [0.1, 0.15) is 0 Å². The zero-order valence-corrected chi connectivity index (χ0v) is 7.03. The summed E-state index contributed by atoms with van der Waals surface area (Å²) >= 11 is 0. The molecule has 0 aromatic carbocycles. The van der Waals surface area contributed by atoms with Crippen molar-refractivity contribution in [2.45, 2.75) is 20.3 Å². The highest BCUT2D eigenvalue weighted by molar-refractivity contribution is 5.86. The molecule has 0 saturated heterocycles.